The first-order valence-electron chi connectivity index (χ1n) is 8.62. The van der Waals surface area contributed by atoms with E-state index in [1.54, 1.807) is 55.2 Å². The molecule has 0 aliphatic heterocycles. The largest absolute Gasteiger partial charge is 0.338 e. The average molecular weight is 368 g/mol. The van der Waals surface area contributed by atoms with Crippen LogP contribution in [0.2, 0.25) is 0 Å². The predicted molar refractivity (Wildman–Crippen MR) is 106 cm³/mol. The van der Waals surface area contributed by atoms with Crippen molar-refractivity contribution in [2.24, 2.45) is 0 Å². The minimum atomic E-state index is -0.349. The van der Waals surface area contributed by atoms with Crippen LogP contribution in [-0.2, 0) is 0 Å². The molecule has 0 spiro atoms. The Kier molecular flexibility index (Phi) is 3.83. The molecule has 5 aromatic rings. The molecule has 0 amide bonds. The molecule has 0 aliphatic carbocycles. The topological polar surface area (TPSA) is 76.5 Å². The zero-order valence-electron chi connectivity index (χ0n) is 14.5. The van der Waals surface area contributed by atoms with Crippen molar-refractivity contribution in [1.29, 1.82) is 0 Å². The van der Waals surface area contributed by atoms with Crippen LogP contribution in [0.5, 0.6) is 0 Å². The van der Waals surface area contributed by atoms with E-state index in [2.05, 4.69) is 30.2 Å². The summed E-state index contributed by atoms with van der Waals surface area (Å²) in [5.41, 5.74) is 2.51. The van der Waals surface area contributed by atoms with Gasteiger partial charge in [-0.15, -0.1) is 0 Å². The molecule has 0 aliphatic rings. The summed E-state index contributed by atoms with van der Waals surface area (Å²) in [5, 5.41) is 5.19. The highest BCUT2D eigenvalue weighted by atomic mass is 19.1. The summed E-state index contributed by atoms with van der Waals surface area (Å²) in [5.74, 6) is 0.302. The Morgan fingerprint density at radius 1 is 0.857 bits per heavy atom. The Morgan fingerprint density at radius 2 is 1.75 bits per heavy atom. The number of rotatable bonds is 3. The highest BCUT2D eigenvalue weighted by Crippen LogP contribution is 2.31. The summed E-state index contributed by atoms with van der Waals surface area (Å²) in [6.45, 7) is 0. The van der Waals surface area contributed by atoms with Gasteiger partial charge in [0.1, 0.15) is 17.2 Å². The fraction of sp³-hybridized carbons (Fsp3) is 0. The van der Waals surface area contributed by atoms with Gasteiger partial charge in [-0.2, -0.15) is 0 Å². The van der Waals surface area contributed by atoms with Crippen molar-refractivity contribution in [3.05, 3.63) is 79.3 Å². The molecule has 7 heteroatoms. The molecule has 5 rings (SSSR count). The van der Waals surface area contributed by atoms with Gasteiger partial charge in [0, 0.05) is 47.3 Å². The minimum Gasteiger partial charge on any atom is -0.338 e. The zero-order chi connectivity index (χ0) is 18.9. The van der Waals surface area contributed by atoms with Crippen molar-refractivity contribution in [2.75, 3.05) is 5.32 Å². The fourth-order valence-corrected chi connectivity index (χ4v) is 3.10. The van der Waals surface area contributed by atoms with Crippen LogP contribution in [0.1, 0.15) is 0 Å². The molecule has 4 aromatic heterocycles. The van der Waals surface area contributed by atoms with Gasteiger partial charge in [0.2, 0.25) is 0 Å². The number of pyridine rings is 3. The van der Waals surface area contributed by atoms with Gasteiger partial charge in [0.05, 0.1) is 11.4 Å². The summed E-state index contributed by atoms with van der Waals surface area (Å²) in [7, 11) is 0. The van der Waals surface area contributed by atoms with E-state index in [4.69, 9.17) is 0 Å². The minimum absolute atomic E-state index is 0.349. The van der Waals surface area contributed by atoms with Gasteiger partial charge < -0.3 is 5.32 Å². The molecule has 0 bridgehead atoms. The first-order valence-corrected chi connectivity index (χ1v) is 8.62. The van der Waals surface area contributed by atoms with Gasteiger partial charge in [-0.1, -0.05) is 12.1 Å². The molecule has 0 unspecified atom stereocenters. The van der Waals surface area contributed by atoms with Crippen LogP contribution in [-0.4, -0.2) is 24.9 Å². The lowest BCUT2D eigenvalue weighted by atomic mass is 10.1. The van der Waals surface area contributed by atoms with Crippen LogP contribution in [0, 0.1) is 5.82 Å². The molecule has 1 N–H and O–H groups in total. The Bertz CT molecular complexity index is 1320. The fourth-order valence-electron chi connectivity index (χ4n) is 3.10. The van der Waals surface area contributed by atoms with E-state index in [9.17, 15) is 4.39 Å². The molecule has 6 nitrogen and oxygen atoms in total. The number of nitrogens with zero attached hydrogens (tertiary/aromatic N) is 5. The Labute approximate surface area is 159 Å². The van der Waals surface area contributed by atoms with E-state index >= 15 is 0 Å². The highest BCUT2D eigenvalue weighted by molar-refractivity contribution is 5.96. The van der Waals surface area contributed by atoms with Crippen LogP contribution < -0.4 is 5.32 Å². The lowest BCUT2D eigenvalue weighted by Gasteiger charge is -2.12. The monoisotopic (exact) mass is 368 g/mol. The van der Waals surface area contributed by atoms with Crippen molar-refractivity contribution in [2.45, 2.75) is 0 Å². The lowest BCUT2D eigenvalue weighted by Crippen LogP contribution is -2.00. The third-order valence-electron chi connectivity index (χ3n) is 4.41. The van der Waals surface area contributed by atoms with Crippen molar-refractivity contribution >= 4 is 33.4 Å². The third kappa shape index (κ3) is 2.79. The smallest absolute Gasteiger partial charge is 0.180 e. The zero-order valence-corrected chi connectivity index (χ0v) is 14.5. The molecule has 0 saturated carbocycles. The predicted octanol–water partition coefficient (Wildman–Crippen LogP) is 4.52. The number of nitrogens with one attached hydrogen (secondary N) is 1. The van der Waals surface area contributed by atoms with E-state index in [0.29, 0.717) is 33.9 Å². The van der Waals surface area contributed by atoms with Gasteiger partial charge >= 0.3 is 0 Å². The summed E-state index contributed by atoms with van der Waals surface area (Å²) >= 11 is 0. The van der Waals surface area contributed by atoms with Gasteiger partial charge in [-0.25, -0.2) is 24.3 Å². The van der Waals surface area contributed by atoms with Gasteiger partial charge in [-0.3, -0.25) is 4.98 Å². The molecule has 0 saturated heterocycles. The molecule has 0 atom stereocenters. The number of halogens is 1. The Morgan fingerprint density at radius 3 is 2.68 bits per heavy atom. The second-order valence-electron chi connectivity index (χ2n) is 6.14. The van der Waals surface area contributed by atoms with Crippen LogP contribution in [0.4, 0.5) is 15.9 Å². The number of hydrogen-bond acceptors (Lipinski definition) is 6. The lowest BCUT2D eigenvalue weighted by molar-refractivity contribution is 0.631. The van der Waals surface area contributed by atoms with E-state index in [-0.39, 0.29) is 5.82 Å². The number of fused-ring (bicyclic) bond motifs is 2. The first kappa shape index (κ1) is 16.2. The summed E-state index contributed by atoms with van der Waals surface area (Å²) < 4.78 is 14.3. The van der Waals surface area contributed by atoms with E-state index < -0.39 is 0 Å². The third-order valence-corrected chi connectivity index (χ3v) is 4.41. The normalized spacial score (nSPS) is 11.0. The molecule has 0 radical (unpaired) electrons. The van der Waals surface area contributed by atoms with E-state index in [1.165, 1.54) is 6.07 Å². The van der Waals surface area contributed by atoms with Gasteiger partial charge in [0.25, 0.3) is 0 Å². The number of benzene rings is 1. The van der Waals surface area contributed by atoms with E-state index in [1.807, 2.05) is 12.1 Å². The molecule has 28 heavy (non-hydrogen) atoms. The molecular formula is C21H13FN6. The Hall–Kier alpha value is -4.00. The summed E-state index contributed by atoms with van der Waals surface area (Å²) in [4.78, 5) is 21.8. The maximum atomic E-state index is 14.3. The van der Waals surface area contributed by atoms with Gasteiger partial charge in [-0.05, 0) is 30.3 Å². The maximum Gasteiger partial charge on any atom is 0.180 e. The van der Waals surface area contributed by atoms with Crippen molar-refractivity contribution in [3.63, 3.8) is 0 Å². The molecule has 134 valence electrons. The Balaban J connectivity index is 1.71. The average Bonchev–Trinajstić information content (AvgIpc) is 2.74. The summed E-state index contributed by atoms with van der Waals surface area (Å²) in [6.07, 6.45) is 8.35. The first-order chi connectivity index (χ1) is 13.8. The molecule has 0 fully saturated rings. The summed E-state index contributed by atoms with van der Waals surface area (Å²) in [6, 6.07) is 12.0. The maximum absolute atomic E-state index is 14.3. The second-order valence-corrected chi connectivity index (χ2v) is 6.14. The van der Waals surface area contributed by atoms with Crippen LogP contribution in [0.15, 0.2) is 73.4 Å². The van der Waals surface area contributed by atoms with Crippen LogP contribution in [0.3, 0.4) is 0 Å². The molecule has 4 heterocycles. The van der Waals surface area contributed by atoms with Crippen molar-refractivity contribution in [1.82, 2.24) is 24.9 Å². The van der Waals surface area contributed by atoms with Crippen LogP contribution in [0.25, 0.3) is 33.2 Å². The molecule has 1 aromatic carbocycles. The quantitative estimate of drug-likeness (QED) is 0.505. The standard InChI is InChI=1S/C21H13FN6/c22-16-4-2-1-3-15(16)17-11-18(19-21(27-17)26-10-9-24-19)28-20-14-6-7-23-12-13(14)5-8-25-20/h1-12H,(H,25,26,27,28). The number of anilines is 2. The van der Waals surface area contributed by atoms with Crippen molar-refractivity contribution in [3.8, 4) is 11.3 Å². The van der Waals surface area contributed by atoms with Gasteiger partial charge in [0.15, 0.2) is 5.65 Å². The number of aromatic nitrogens is 5. The van der Waals surface area contributed by atoms with Crippen molar-refractivity contribution < 1.29 is 4.39 Å². The van der Waals surface area contributed by atoms with Crippen LogP contribution >= 0.6 is 0 Å². The SMILES string of the molecule is Fc1ccccc1-c1cc(Nc2nccc3cnccc23)c2nccnc2n1. The second kappa shape index (κ2) is 6.62. The van der Waals surface area contributed by atoms with E-state index in [0.717, 1.165) is 10.8 Å². The number of hydrogen-bond donors (Lipinski definition) is 1. The highest BCUT2D eigenvalue weighted by Gasteiger charge is 2.13. The molecular weight excluding hydrogens is 355 g/mol.